The third-order valence-corrected chi connectivity index (χ3v) is 4.52. The van der Waals surface area contributed by atoms with Crippen molar-refractivity contribution in [3.8, 4) is 0 Å². The van der Waals surface area contributed by atoms with Crippen molar-refractivity contribution in [2.75, 3.05) is 25.6 Å². The maximum Gasteiger partial charge on any atom is 0.103 e. The minimum atomic E-state index is 0.731. The van der Waals surface area contributed by atoms with Crippen molar-refractivity contribution in [2.24, 2.45) is 4.99 Å². The van der Waals surface area contributed by atoms with Gasteiger partial charge >= 0.3 is 0 Å². The van der Waals surface area contributed by atoms with E-state index in [9.17, 15) is 0 Å². The Morgan fingerprint density at radius 3 is 2.92 bits per heavy atom. The molecule has 3 rings (SSSR count). The molecule has 0 aliphatic carbocycles. The molecule has 2 aromatic carbocycles. The Bertz CT molecular complexity index is 729. The van der Waals surface area contributed by atoms with Gasteiger partial charge in [-0.25, -0.2) is 4.99 Å². The summed E-state index contributed by atoms with van der Waals surface area (Å²) < 4.78 is 0. The number of fused-ring (bicyclic) bond motifs is 1. The molecule has 0 bridgehead atoms. The highest BCUT2D eigenvalue weighted by atomic mass is 35.5. The van der Waals surface area contributed by atoms with Gasteiger partial charge in [-0.15, -0.1) is 0 Å². The highest BCUT2D eigenvalue weighted by Crippen LogP contribution is 2.25. The second-order valence-electron chi connectivity index (χ2n) is 6.43. The summed E-state index contributed by atoms with van der Waals surface area (Å²) in [5.74, 6) is 1.03. The number of hydrogen-bond acceptors (Lipinski definition) is 4. The zero-order chi connectivity index (χ0) is 17.5. The molecule has 2 aromatic rings. The maximum absolute atomic E-state index is 6.08. The van der Waals surface area contributed by atoms with Gasteiger partial charge in [0.2, 0.25) is 0 Å². The minimum Gasteiger partial charge on any atom is -0.371 e. The highest BCUT2D eigenvalue weighted by Gasteiger charge is 2.08. The first-order chi connectivity index (χ1) is 12.2. The number of anilines is 1. The normalized spacial score (nSPS) is 18.2. The van der Waals surface area contributed by atoms with Gasteiger partial charge in [0.05, 0.1) is 18.0 Å². The fraction of sp³-hybridized carbons (Fsp3) is 0.350. The van der Waals surface area contributed by atoms with Crippen LogP contribution in [-0.4, -0.2) is 31.0 Å². The number of benzene rings is 2. The molecule has 1 heterocycles. The largest absolute Gasteiger partial charge is 0.371 e. The fourth-order valence-corrected chi connectivity index (χ4v) is 3.09. The summed E-state index contributed by atoms with van der Waals surface area (Å²) >= 11 is 6.08. The molecule has 5 heteroatoms. The number of aliphatic imine (C=N–C) groups is 1. The van der Waals surface area contributed by atoms with Gasteiger partial charge in [-0.2, -0.15) is 0 Å². The van der Waals surface area contributed by atoms with Gasteiger partial charge in [-0.3, -0.25) is 4.90 Å². The molecular weight excluding hydrogens is 332 g/mol. The second kappa shape index (κ2) is 8.88. The first-order valence-electron chi connectivity index (χ1n) is 8.78. The van der Waals surface area contributed by atoms with Crippen molar-refractivity contribution in [3.63, 3.8) is 0 Å². The lowest BCUT2D eigenvalue weighted by Gasteiger charge is -2.18. The summed E-state index contributed by atoms with van der Waals surface area (Å²) in [6.45, 7) is 2.64. The van der Waals surface area contributed by atoms with Crippen LogP contribution >= 0.6 is 11.6 Å². The van der Waals surface area contributed by atoms with Gasteiger partial charge in [-0.05, 0) is 56.3 Å². The fourth-order valence-electron chi connectivity index (χ4n) is 2.87. The van der Waals surface area contributed by atoms with Crippen LogP contribution in [0, 0.1) is 0 Å². The first kappa shape index (κ1) is 17.8. The Kier molecular flexibility index (Phi) is 6.31. The average molecular weight is 357 g/mol. The molecule has 0 saturated carbocycles. The Balaban J connectivity index is 1.78. The topological polar surface area (TPSA) is 39.7 Å². The van der Waals surface area contributed by atoms with Crippen LogP contribution in [-0.2, 0) is 6.54 Å². The van der Waals surface area contributed by atoms with E-state index in [1.165, 1.54) is 0 Å². The Morgan fingerprint density at radius 2 is 2.04 bits per heavy atom. The molecule has 1 aliphatic heterocycles. The van der Waals surface area contributed by atoms with E-state index in [0.29, 0.717) is 0 Å². The number of halogens is 1. The van der Waals surface area contributed by atoms with Crippen LogP contribution in [0.3, 0.4) is 0 Å². The van der Waals surface area contributed by atoms with E-state index < -0.39 is 0 Å². The molecule has 0 saturated heterocycles. The van der Waals surface area contributed by atoms with Gasteiger partial charge in [0.25, 0.3) is 0 Å². The maximum atomic E-state index is 6.08. The molecule has 0 aromatic heterocycles. The van der Waals surface area contributed by atoms with Gasteiger partial charge in [0.15, 0.2) is 0 Å². The second-order valence-corrected chi connectivity index (χ2v) is 6.87. The monoisotopic (exact) mass is 356 g/mol. The predicted octanol–water partition coefficient (Wildman–Crippen LogP) is 4.64. The quantitative estimate of drug-likeness (QED) is 0.823. The molecule has 25 heavy (non-hydrogen) atoms. The summed E-state index contributed by atoms with van der Waals surface area (Å²) in [5.41, 5.74) is 3.21. The number of para-hydroxylation sites is 2. The number of rotatable bonds is 2. The number of amidine groups is 1. The molecule has 0 fully saturated rings. The van der Waals surface area contributed by atoms with Crippen molar-refractivity contribution in [1.29, 1.82) is 0 Å². The van der Waals surface area contributed by atoms with E-state index in [-0.39, 0.29) is 0 Å². The van der Waals surface area contributed by atoms with Gasteiger partial charge in [0, 0.05) is 18.0 Å². The first-order valence-corrected chi connectivity index (χ1v) is 9.16. The smallest absolute Gasteiger partial charge is 0.103 e. The highest BCUT2D eigenvalue weighted by molar-refractivity contribution is 6.30. The molecule has 0 amide bonds. The Labute approximate surface area is 154 Å². The van der Waals surface area contributed by atoms with Crippen LogP contribution in [0.2, 0.25) is 5.02 Å². The van der Waals surface area contributed by atoms with Gasteiger partial charge in [0.1, 0.15) is 5.84 Å². The van der Waals surface area contributed by atoms with Crippen LogP contribution < -0.4 is 10.6 Å². The molecule has 0 atom stereocenters. The lowest BCUT2D eigenvalue weighted by Crippen LogP contribution is -2.26. The molecule has 0 radical (unpaired) electrons. The summed E-state index contributed by atoms with van der Waals surface area (Å²) in [4.78, 5) is 7.20. The van der Waals surface area contributed by atoms with E-state index >= 15 is 0 Å². The molecular formula is C20H25ClN4. The Hall–Kier alpha value is -2.04. The zero-order valence-electron chi connectivity index (χ0n) is 14.6. The third kappa shape index (κ3) is 5.48. The van der Waals surface area contributed by atoms with Gasteiger partial charge < -0.3 is 10.6 Å². The van der Waals surface area contributed by atoms with Crippen molar-refractivity contribution < 1.29 is 0 Å². The molecule has 2 N–H and O–H groups in total. The SMILES string of the molecule is CN1CCCC/C(NCc2cccc(Cl)c2)=N\c2ccccc2NC1. The predicted molar refractivity (Wildman–Crippen MR) is 107 cm³/mol. The van der Waals surface area contributed by atoms with Crippen molar-refractivity contribution in [3.05, 3.63) is 59.1 Å². The molecule has 0 unspecified atom stereocenters. The van der Waals surface area contributed by atoms with Crippen LogP contribution in [0.5, 0.6) is 0 Å². The molecule has 0 spiro atoms. The lowest BCUT2D eigenvalue weighted by molar-refractivity contribution is 0.349. The van der Waals surface area contributed by atoms with Crippen LogP contribution in [0.1, 0.15) is 24.8 Å². The summed E-state index contributed by atoms with van der Waals surface area (Å²) in [5, 5.41) is 7.75. The van der Waals surface area contributed by atoms with Crippen molar-refractivity contribution in [2.45, 2.75) is 25.8 Å². The van der Waals surface area contributed by atoms with Crippen LogP contribution in [0.4, 0.5) is 11.4 Å². The summed E-state index contributed by atoms with van der Waals surface area (Å²) in [7, 11) is 2.15. The number of nitrogens with zero attached hydrogens (tertiary/aromatic N) is 2. The van der Waals surface area contributed by atoms with Crippen molar-refractivity contribution >= 4 is 28.8 Å². The van der Waals surface area contributed by atoms with E-state index in [1.807, 2.05) is 30.3 Å². The Morgan fingerprint density at radius 1 is 1.16 bits per heavy atom. The third-order valence-electron chi connectivity index (χ3n) is 4.29. The zero-order valence-corrected chi connectivity index (χ0v) is 15.4. The molecule has 1 aliphatic rings. The van der Waals surface area contributed by atoms with E-state index in [0.717, 1.165) is 66.8 Å². The molecule has 4 nitrogen and oxygen atoms in total. The standard InChI is InChI=1S/C20H25ClN4/c1-25-12-5-4-11-20(22-14-16-7-6-8-17(21)13-16)24-19-10-3-2-9-18(19)23-15-25/h2-3,6-10,13,23H,4-5,11-12,14-15H2,1H3,(H,22,24). The number of hydrogen-bond donors (Lipinski definition) is 2. The minimum absolute atomic E-state index is 0.731. The van der Waals surface area contributed by atoms with E-state index in [2.05, 4.69) is 40.8 Å². The number of nitrogens with one attached hydrogen (secondary N) is 2. The summed E-state index contributed by atoms with van der Waals surface area (Å²) in [6, 6.07) is 16.2. The van der Waals surface area contributed by atoms with Gasteiger partial charge in [-0.1, -0.05) is 35.9 Å². The summed E-state index contributed by atoms with van der Waals surface area (Å²) in [6.07, 6.45) is 3.23. The van der Waals surface area contributed by atoms with E-state index in [1.54, 1.807) is 0 Å². The molecule has 132 valence electrons. The lowest BCUT2D eigenvalue weighted by atomic mass is 10.2. The average Bonchev–Trinajstić information content (AvgIpc) is 2.65. The van der Waals surface area contributed by atoms with Crippen LogP contribution in [0.25, 0.3) is 0 Å². The van der Waals surface area contributed by atoms with E-state index in [4.69, 9.17) is 16.6 Å². The van der Waals surface area contributed by atoms with Crippen molar-refractivity contribution in [1.82, 2.24) is 10.2 Å². The van der Waals surface area contributed by atoms with Crippen LogP contribution in [0.15, 0.2) is 53.5 Å².